The van der Waals surface area contributed by atoms with Gasteiger partial charge in [0.1, 0.15) is 5.01 Å². The summed E-state index contributed by atoms with van der Waals surface area (Å²) in [6.07, 6.45) is 3.60. The summed E-state index contributed by atoms with van der Waals surface area (Å²) in [5.74, 6) is -0.0529. The molecule has 0 aliphatic heterocycles. The number of thiazole rings is 1. The molecule has 1 amide bonds. The Morgan fingerprint density at radius 2 is 1.96 bits per heavy atom. The Labute approximate surface area is 160 Å². The van der Waals surface area contributed by atoms with E-state index in [9.17, 15) is 4.79 Å². The minimum Gasteiger partial charge on any atom is -0.346 e. The van der Waals surface area contributed by atoms with Crippen molar-refractivity contribution in [3.8, 4) is 11.3 Å². The number of aromatic nitrogens is 1. The van der Waals surface area contributed by atoms with Crippen molar-refractivity contribution < 1.29 is 4.79 Å². The van der Waals surface area contributed by atoms with Crippen molar-refractivity contribution in [1.29, 1.82) is 0 Å². The molecule has 1 atom stereocenters. The molecular formula is C17H21BrClN3OS. The quantitative estimate of drug-likeness (QED) is 0.753. The third-order valence-corrected chi connectivity index (χ3v) is 5.88. The van der Waals surface area contributed by atoms with Crippen LogP contribution in [0.25, 0.3) is 11.3 Å². The van der Waals surface area contributed by atoms with Crippen molar-refractivity contribution in [3.05, 3.63) is 39.1 Å². The van der Waals surface area contributed by atoms with E-state index in [0.717, 1.165) is 46.4 Å². The number of nitrogens with zero attached hydrogens (tertiary/aromatic N) is 1. The minimum absolute atomic E-state index is 0. The topological polar surface area (TPSA) is 68.0 Å². The smallest absolute Gasteiger partial charge is 0.240 e. The van der Waals surface area contributed by atoms with E-state index in [-0.39, 0.29) is 24.4 Å². The molecule has 0 saturated heterocycles. The van der Waals surface area contributed by atoms with Crippen LogP contribution in [0.4, 0.5) is 0 Å². The number of rotatable bonds is 4. The van der Waals surface area contributed by atoms with Crippen molar-refractivity contribution >= 4 is 45.6 Å². The van der Waals surface area contributed by atoms with E-state index in [2.05, 4.69) is 26.2 Å². The zero-order valence-electron chi connectivity index (χ0n) is 13.4. The molecule has 0 radical (unpaired) electrons. The van der Waals surface area contributed by atoms with Crippen LogP contribution >= 0.6 is 39.7 Å². The molecule has 3 N–H and O–H groups in total. The highest BCUT2D eigenvalue weighted by Crippen LogP contribution is 2.30. The number of benzene rings is 1. The summed E-state index contributed by atoms with van der Waals surface area (Å²) in [5, 5.41) is 5.95. The van der Waals surface area contributed by atoms with Gasteiger partial charge < -0.3 is 11.1 Å². The zero-order valence-corrected chi connectivity index (χ0v) is 16.6. The van der Waals surface area contributed by atoms with Gasteiger partial charge in [-0.1, -0.05) is 40.9 Å². The van der Waals surface area contributed by atoms with E-state index in [4.69, 9.17) is 5.73 Å². The van der Waals surface area contributed by atoms with Gasteiger partial charge in [-0.15, -0.1) is 23.7 Å². The SMILES string of the molecule is CC(NC(=O)C1(N)CCCC1)c1nc(-c2ccc(Br)cc2)cs1.Cl. The molecule has 0 bridgehead atoms. The monoisotopic (exact) mass is 429 g/mol. The number of carbonyl (C=O) groups is 1. The maximum absolute atomic E-state index is 12.4. The Hall–Kier alpha value is -0.950. The molecule has 1 heterocycles. The lowest BCUT2D eigenvalue weighted by atomic mass is 9.98. The summed E-state index contributed by atoms with van der Waals surface area (Å²) < 4.78 is 1.04. The van der Waals surface area contributed by atoms with E-state index in [1.807, 2.05) is 36.6 Å². The first kappa shape index (κ1) is 19.4. The summed E-state index contributed by atoms with van der Waals surface area (Å²) >= 11 is 5.00. The minimum atomic E-state index is -0.694. The van der Waals surface area contributed by atoms with Crippen LogP contribution in [0.1, 0.15) is 43.7 Å². The fourth-order valence-electron chi connectivity index (χ4n) is 2.87. The van der Waals surface area contributed by atoms with Crippen LogP contribution in [0.15, 0.2) is 34.1 Å². The van der Waals surface area contributed by atoms with E-state index in [0.29, 0.717) is 0 Å². The van der Waals surface area contributed by atoms with Gasteiger partial charge in [-0.3, -0.25) is 4.79 Å². The Kier molecular flexibility index (Phi) is 6.42. The van der Waals surface area contributed by atoms with Crippen molar-refractivity contribution in [2.45, 2.75) is 44.2 Å². The van der Waals surface area contributed by atoms with Gasteiger partial charge in [-0.2, -0.15) is 0 Å². The number of amides is 1. The third kappa shape index (κ3) is 4.17. The molecule has 1 aliphatic carbocycles. The highest BCUT2D eigenvalue weighted by atomic mass is 79.9. The fourth-order valence-corrected chi connectivity index (χ4v) is 3.97. The molecular weight excluding hydrogens is 410 g/mol. The van der Waals surface area contributed by atoms with Crippen LogP contribution in [-0.4, -0.2) is 16.4 Å². The van der Waals surface area contributed by atoms with Gasteiger partial charge >= 0.3 is 0 Å². The van der Waals surface area contributed by atoms with E-state index >= 15 is 0 Å². The molecule has 1 aromatic heterocycles. The summed E-state index contributed by atoms with van der Waals surface area (Å²) in [6.45, 7) is 1.96. The number of carbonyl (C=O) groups excluding carboxylic acids is 1. The van der Waals surface area contributed by atoms with Gasteiger partial charge in [-0.25, -0.2) is 4.98 Å². The Bertz CT molecular complexity index is 698. The highest BCUT2D eigenvalue weighted by Gasteiger charge is 2.37. The molecule has 3 rings (SSSR count). The summed E-state index contributed by atoms with van der Waals surface area (Å²) in [7, 11) is 0. The van der Waals surface area contributed by atoms with Crippen molar-refractivity contribution in [3.63, 3.8) is 0 Å². The van der Waals surface area contributed by atoms with Crippen LogP contribution in [0, 0.1) is 0 Å². The normalized spacial score (nSPS) is 17.1. The standard InChI is InChI=1S/C17H20BrN3OS.ClH/c1-11(20-16(22)17(19)8-2-3-9-17)15-21-14(10-23-15)12-4-6-13(18)7-5-12;/h4-7,10-11H,2-3,8-9,19H2,1H3,(H,20,22);1H. The molecule has 130 valence electrons. The average molecular weight is 431 g/mol. The van der Waals surface area contributed by atoms with Gasteiger partial charge in [0.25, 0.3) is 0 Å². The number of hydrogen-bond donors (Lipinski definition) is 2. The second-order valence-corrected chi connectivity index (χ2v) is 7.94. The van der Waals surface area contributed by atoms with Crippen molar-refractivity contribution in [2.75, 3.05) is 0 Å². The predicted octanol–water partition coefficient (Wildman–Crippen LogP) is 4.44. The average Bonchev–Trinajstić information content (AvgIpc) is 3.18. The third-order valence-electron chi connectivity index (χ3n) is 4.33. The molecule has 1 aromatic carbocycles. The van der Waals surface area contributed by atoms with Crippen LogP contribution < -0.4 is 11.1 Å². The molecule has 1 saturated carbocycles. The van der Waals surface area contributed by atoms with E-state index in [1.165, 1.54) is 0 Å². The van der Waals surface area contributed by atoms with Crippen LogP contribution in [0.3, 0.4) is 0 Å². The van der Waals surface area contributed by atoms with Crippen LogP contribution in [0.5, 0.6) is 0 Å². The first-order valence-electron chi connectivity index (χ1n) is 7.79. The van der Waals surface area contributed by atoms with Gasteiger partial charge in [0.15, 0.2) is 0 Å². The van der Waals surface area contributed by atoms with Gasteiger partial charge in [-0.05, 0) is 31.9 Å². The van der Waals surface area contributed by atoms with Crippen LogP contribution in [-0.2, 0) is 4.79 Å². The summed E-state index contributed by atoms with van der Waals surface area (Å²) in [6, 6.07) is 7.92. The first-order chi connectivity index (χ1) is 11.0. The van der Waals surface area contributed by atoms with Gasteiger partial charge in [0.2, 0.25) is 5.91 Å². The predicted molar refractivity (Wildman–Crippen MR) is 104 cm³/mol. The van der Waals surface area contributed by atoms with E-state index in [1.54, 1.807) is 11.3 Å². The van der Waals surface area contributed by atoms with Gasteiger partial charge in [0.05, 0.1) is 17.3 Å². The van der Waals surface area contributed by atoms with Crippen LogP contribution in [0.2, 0.25) is 0 Å². The number of halogens is 2. The number of nitrogens with two attached hydrogens (primary N) is 1. The second kappa shape index (κ2) is 7.95. The Balaban J connectivity index is 0.00000208. The molecule has 24 heavy (non-hydrogen) atoms. The van der Waals surface area contributed by atoms with Crippen molar-refractivity contribution in [1.82, 2.24) is 10.3 Å². The summed E-state index contributed by atoms with van der Waals surface area (Å²) in [5.41, 5.74) is 7.51. The Morgan fingerprint density at radius 1 is 1.33 bits per heavy atom. The largest absolute Gasteiger partial charge is 0.346 e. The summed E-state index contributed by atoms with van der Waals surface area (Å²) in [4.78, 5) is 17.1. The fraction of sp³-hybridized carbons (Fsp3) is 0.412. The lowest BCUT2D eigenvalue weighted by molar-refractivity contribution is -0.126. The van der Waals surface area contributed by atoms with Gasteiger partial charge in [0, 0.05) is 15.4 Å². The lowest BCUT2D eigenvalue weighted by Gasteiger charge is -2.24. The van der Waals surface area contributed by atoms with E-state index < -0.39 is 5.54 Å². The lowest BCUT2D eigenvalue weighted by Crippen LogP contribution is -2.52. The maximum atomic E-state index is 12.4. The Morgan fingerprint density at radius 3 is 2.58 bits per heavy atom. The number of nitrogens with one attached hydrogen (secondary N) is 1. The zero-order chi connectivity index (χ0) is 16.4. The molecule has 4 nitrogen and oxygen atoms in total. The molecule has 1 unspecified atom stereocenters. The highest BCUT2D eigenvalue weighted by molar-refractivity contribution is 9.10. The first-order valence-corrected chi connectivity index (χ1v) is 9.46. The molecule has 1 fully saturated rings. The number of hydrogen-bond acceptors (Lipinski definition) is 4. The molecule has 2 aromatic rings. The molecule has 1 aliphatic rings. The van der Waals surface area contributed by atoms with Crippen molar-refractivity contribution in [2.24, 2.45) is 5.73 Å². The molecule has 7 heteroatoms. The maximum Gasteiger partial charge on any atom is 0.240 e. The molecule has 0 spiro atoms. The second-order valence-electron chi connectivity index (χ2n) is 6.14.